The van der Waals surface area contributed by atoms with Crippen LogP contribution in [0.5, 0.6) is 0 Å². The van der Waals surface area contributed by atoms with E-state index in [-0.39, 0.29) is 23.3 Å². The average Bonchev–Trinajstić information content (AvgIpc) is 3.18. The molecule has 1 aromatic rings. The van der Waals surface area contributed by atoms with Crippen LogP contribution in [0.2, 0.25) is 0 Å². The molecule has 0 spiro atoms. The molecule has 6 heteroatoms. The minimum atomic E-state index is -4.14. The number of alkyl halides is 3. The molecule has 1 aliphatic heterocycles. The molecule has 1 heterocycles. The van der Waals surface area contributed by atoms with Crippen LogP contribution < -0.4 is 5.32 Å². The molecule has 0 bridgehead atoms. The molecule has 27 heavy (non-hydrogen) atoms. The van der Waals surface area contributed by atoms with Crippen LogP contribution in [0.3, 0.4) is 0 Å². The third-order valence-electron chi connectivity index (χ3n) is 6.35. The maximum absolute atomic E-state index is 13.0. The lowest BCUT2D eigenvalue weighted by atomic mass is 9.77. The van der Waals surface area contributed by atoms with E-state index in [2.05, 4.69) is 5.32 Å². The number of likely N-dealkylation sites (tertiary alicyclic amines) is 1. The van der Waals surface area contributed by atoms with Crippen molar-refractivity contribution in [1.82, 2.24) is 4.90 Å². The number of amides is 1. The van der Waals surface area contributed by atoms with Crippen molar-refractivity contribution < 1.29 is 18.0 Å². The van der Waals surface area contributed by atoms with Gasteiger partial charge in [-0.15, -0.1) is 0 Å². The van der Waals surface area contributed by atoms with E-state index in [0.717, 1.165) is 31.6 Å². The van der Waals surface area contributed by atoms with Crippen molar-refractivity contribution in [3.8, 4) is 0 Å². The number of anilines is 1. The van der Waals surface area contributed by atoms with Gasteiger partial charge in [-0.3, -0.25) is 4.79 Å². The first-order valence-corrected chi connectivity index (χ1v) is 9.79. The summed E-state index contributed by atoms with van der Waals surface area (Å²) >= 11 is 0. The number of carbonyl (C=O) groups is 1. The van der Waals surface area contributed by atoms with E-state index >= 15 is 0 Å². The number of hydrogen-bond donors (Lipinski definition) is 1. The first kappa shape index (κ1) is 20.0. The maximum atomic E-state index is 13.0. The monoisotopic (exact) mass is 382 g/mol. The highest BCUT2D eigenvalue weighted by molar-refractivity contribution is 5.94. The van der Waals surface area contributed by atoms with Crippen LogP contribution in [-0.2, 0) is 0 Å². The van der Waals surface area contributed by atoms with E-state index in [1.807, 2.05) is 37.8 Å². The second kappa shape index (κ2) is 7.36. The van der Waals surface area contributed by atoms with E-state index in [9.17, 15) is 18.0 Å². The van der Waals surface area contributed by atoms with Gasteiger partial charge in [-0.25, -0.2) is 0 Å². The molecular formula is C21H29F3N2O. The van der Waals surface area contributed by atoms with Gasteiger partial charge in [0.05, 0.1) is 0 Å². The summed E-state index contributed by atoms with van der Waals surface area (Å²) in [6.45, 7) is 7.40. The van der Waals surface area contributed by atoms with Gasteiger partial charge in [-0.05, 0) is 60.8 Å². The fraction of sp³-hybridized carbons (Fsp3) is 0.667. The molecule has 3 nitrogen and oxygen atoms in total. The Morgan fingerprint density at radius 3 is 2.33 bits per heavy atom. The van der Waals surface area contributed by atoms with Crippen LogP contribution in [0.4, 0.5) is 18.9 Å². The van der Waals surface area contributed by atoms with Crippen LogP contribution >= 0.6 is 0 Å². The van der Waals surface area contributed by atoms with Crippen molar-refractivity contribution in [2.45, 2.75) is 58.7 Å². The number of hydrogen-bond acceptors (Lipinski definition) is 2. The van der Waals surface area contributed by atoms with Crippen LogP contribution in [0.25, 0.3) is 0 Å². The molecule has 1 aromatic carbocycles. The molecule has 1 amide bonds. The predicted octanol–water partition coefficient (Wildman–Crippen LogP) is 5.34. The van der Waals surface area contributed by atoms with Crippen LogP contribution in [-0.4, -0.2) is 36.1 Å². The van der Waals surface area contributed by atoms with E-state index in [0.29, 0.717) is 12.0 Å². The maximum Gasteiger partial charge on any atom is 0.389 e. The third kappa shape index (κ3) is 4.58. The molecule has 0 aromatic heterocycles. The Bertz CT molecular complexity index is 663. The van der Waals surface area contributed by atoms with E-state index in [1.165, 1.54) is 0 Å². The van der Waals surface area contributed by atoms with Crippen molar-refractivity contribution in [2.24, 2.45) is 17.3 Å². The Morgan fingerprint density at radius 1 is 1.19 bits per heavy atom. The summed E-state index contributed by atoms with van der Waals surface area (Å²) in [4.78, 5) is 14.3. The van der Waals surface area contributed by atoms with Gasteiger partial charge in [0.2, 0.25) is 0 Å². The molecule has 3 unspecified atom stereocenters. The summed E-state index contributed by atoms with van der Waals surface area (Å²) in [7, 11) is 0. The zero-order valence-electron chi connectivity index (χ0n) is 16.3. The lowest BCUT2D eigenvalue weighted by molar-refractivity contribution is -0.153. The topological polar surface area (TPSA) is 32.3 Å². The molecule has 1 N–H and O–H groups in total. The lowest BCUT2D eigenvalue weighted by Gasteiger charge is -2.30. The van der Waals surface area contributed by atoms with Gasteiger partial charge < -0.3 is 10.2 Å². The second-order valence-electron chi connectivity index (χ2n) is 8.81. The van der Waals surface area contributed by atoms with Crippen molar-refractivity contribution in [3.63, 3.8) is 0 Å². The highest BCUT2D eigenvalue weighted by Crippen LogP contribution is 2.51. The van der Waals surface area contributed by atoms with Gasteiger partial charge in [0.1, 0.15) is 0 Å². The second-order valence-corrected chi connectivity index (χ2v) is 8.81. The summed E-state index contributed by atoms with van der Waals surface area (Å²) in [6.07, 6.45) is -2.06. The average molecular weight is 382 g/mol. The van der Waals surface area contributed by atoms with Crippen LogP contribution in [0, 0.1) is 17.3 Å². The SMILES string of the molecule is CC1C(Nc2ccc(C(=O)N3CCCC3)cc2)CC(C)(C)C1CC(F)(F)F. The number of benzene rings is 1. The third-order valence-corrected chi connectivity index (χ3v) is 6.35. The molecule has 3 rings (SSSR count). The van der Waals surface area contributed by atoms with Gasteiger partial charge in [0, 0.05) is 36.8 Å². The number of halogens is 3. The van der Waals surface area contributed by atoms with Crippen molar-refractivity contribution in [3.05, 3.63) is 29.8 Å². The Kier molecular flexibility index (Phi) is 5.46. The number of nitrogens with zero attached hydrogens (tertiary/aromatic N) is 1. The normalized spacial score (nSPS) is 27.8. The zero-order chi connectivity index (χ0) is 19.8. The predicted molar refractivity (Wildman–Crippen MR) is 101 cm³/mol. The first-order chi connectivity index (χ1) is 12.6. The standard InChI is InChI=1S/C21H29F3N2O/c1-14-17(12-21(22,23)24)20(2,3)13-18(14)25-16-8-6-15(7-9-16)19(27)26-10-4-5-11-26/h6-9,14,17-18,25H,4-5,10-13H2,1-3H3. The molecule has 3 atom stereocenters. The molecular weight excluding hydrogens is 353 g/mol. The number of rotatable bonds is 4. The largest absolute Gasteiger partial charge is 0.389 e. The molecule has 1 saturated heterocycles. The Balaban J connectivity index is 1.65. The van der Waals surface area contributed by atoms with Gasteiger partial charge in [-0.2, -0.15) is 13.2 Å². The molecule has 150 valence electrons. The van der Waals surface area contributed by atoms with Gasteiger partial charge in [0.25, 0.3) is 5.91 Å². The van der Waals surface area contributed by atoms with Gasteiger partial charge >= 0.3 is 6.18 Å². The summed E-state index contributed by atoms with van der Waals surface area (Å²) < 4.78 is 38.9. The fourth-order valence-corrected chi connectivity index (χ4v) is 4.82. The van der Waals surface area contributed by atoms with Crippen LogP contribution in [0.1, 0.15) is 56.8 Å². The molecule has 0 radical (unpaired) electrons. The van der Waals surface area contributed by atoms with Gasteiger partial charge in [0.15, 0.2) is 0 Å². The Hall–Kier alpha value is -1.72. The molecule has 2 aliphatic rings. The zero-order valence-corrected chi connectivity index (χ0v) is 16.3. The summed E-state index contributed by atoms with van der Waals surface area (Å²) in [5.74, 6) is -0.418. The first-order valence-electron chi connectivity index (χ1n) is 9.79. The van der Waals surface area contributed by atoms with E-state index in [4.69, 9.17) is 0 Å². The minimum absolute atomic E-state index is 0.00696. The Labute approximate surface area is 159 Å². The lowest BCUT2D eigenvalue weighted by Crippen LogP contribution is -2.29. The molecule has 1 saturated carbocycles. The smallest absolute Gasteiger partial charge is 0.382 e. The summed E-state index contributed by atoms with van der Waals surface area (Å²) in [6, 6.07) is 7.33. The number of carbonyl (C=O) groups excluding carboxylic acids is 1. The summed E-state index contributed by atoms with van der Waals surface area (Å²) in [5, 5.41) is 3.41. The van der Waals surface area contributed by atoms with Gasteiger partial charge in [-0.1, -0.05) is 20.8 Å². The quantitative estimate of drug-likeness (QED) is 0.763. The molecule has 2 fully saturated rings. The van der Waals surface area contributed by atoms with Crippen LogP contribution in [0.15, 0.2) is 24.3 Å². The highest BCUT2D eigenvalue weighted by atomic mass is 19.4. The Morgan fingerprint density at radius 2 is 1.78 bits per heavy atom. The number of nitrogens with one attached hydrogen (secondary N) is 1. The van der Waals surface area contributed by atoms with Crippen molar-refractivity contribution in [1.29, 1.82) is 0 Å². The van der Waals surface area contributed by atoms with E-state index < -0.39 is 18.5 Å². The van der Waals surface area contributed by atoms with Crippen molar-refractivity contribution >= 4 is 11.6 Å². The summed E-state index contributed by atoms with van der Waals surface area (Å²) in [5.41, 5.74) is 1.16. The van der Waals surface area contributed by atoms with E-state index in [1.54, 1.807) is 12.1 Å². The fourth-order valence-electron chi connectivity index (χ4n) is 4.82. The highest BCUT2D eigenvalue weighted by Gasteiger charge is 2.50. The molecule has 1 aliphatic carbocycles. The van der Waals surface area contributed by atoms with Crippen molar-refractivity contribution in [2.75, 3.05) is 18.4 Å². The minimum Gasteiger partial charge on any atom is -0.382 e.